The fourth-order valence-electron chi connectivity index (χ4n) is 1.67. The zero-order valence-corrected chi connectivity index (χ0v) is 10.9. The Morgan fingerprint density at radius 2 is 2.18 bits per heavy atom. The standard InChI is InChI=1S/C13H21N3O/c1-4-5-6-7-16(3)13(17)11-9-15-10(2)8-12(11)14/h8-9H,4-7H2,1-3H3,(H2,14,15). The van der Waals surface area contributed by atoms with E-state index in [0.29, 0.717) is 11.3 Å². The topological polar surface area (TPSA) is 59.2 Å². The van der Waals surface area contributed by atoms with Gasteiger partial charge in [0.2, 0.25) is 0 Å². The van der Waals surface area contributed by atoms with Gasteiger partial charge in [-0.25, -0.2) is 0 Å². The number of pyridine rings is 1. The number of aryl methyl sites for hydroxylation is 1. The summed E-state index contributed by atoms with van der Waals surface area (Å²) in [5.41, 5.74) is 7.65. The highest BCUT2D eigenvalue weighted by Gasteiger charge is 2.14. The van der Waals surface area contributed by atoms with Gasteiger partial charge < -0.3 is 10.6 Å². The largest absolute Gasteiger partial charge is 0.398 e. The van der Waals surface area contributed by atoms with Gasteiger partial charge in [-0.05, 0) is 19.4 Å². The van der Waals surface area contributed by atoms with Gasteiger partial charge >= 0.3 is 0 Å². The molecule has 94 valence electrons. The first-order valence-electron chi connectivity index (χ1n) is 6.03. The van der Waals surface area contributed by atoms with Crippen LogP contribution < -0.4 is 5.73 Å². The van der Waals surface area contributed by atoms with Gasteiger partial charge in [0.15, 0.2) is 0 Å². The Labute approximate surface area is 103 Å². The van der Waals surface area contributed by atoms with Crippen LogP contribution in [0, 0.1) is 6.92 Å². The number of rotatable bonds is 5. The number of hydrogen-bond donors (Lipinski definition) is 1. The van der Waals surface area contributed by atoms with Crippen LogP contribution >= 0.6 is 0 Å². The number of unbranched alkanes of at least 4 members (excludes halogenated alkanes) is 2. The highest BCUT2D eigenvalue weighted by molar-refractivity contribution is 5.98. The Morgan fingerprint density at radius 1 is 1.47 bits per heavy atom. The van der Waals surface area contributed by atoms with Crippen molar-refractivity contribution in [3.8, 4) is 0 Å². The zero-order chi connectivity index (χ0) is 12.8. The molecule has 4 heteroatoms. The van der Waals surface area contributed by atoms with Gasteiger partial charge in [0.1, 0.15) is 0 Å². The first-order valence-corrected chi connectivity index (χ1v) is 6.03. The molecule has 0 aromatic carbocycles. The van der Waals surface area contributed by atoms with Crippen LogP contribution in [-0.4, -0.2) is 29.4 Å². The predicted molar refractivity (Wildman–Crippen MR) is 69.9 cm³/mol. The Morgan fingerprint density at radius 3 is 2.76 bits per heavy atom. The first-order chi connectivity index (χ1) is 8.06. The van der Waals surface area contributed by atoms with E-state index in [1.165, 1.54) is 0 Å². The molecule has 0 saturated carbocycles. The smallest absolute Gasteiger partial charge is 0.257 e. The molecule has 0 atom stereocenters. The van der Waals surface area contributed by atoms with Gasteiger partial charge in [0.05, 0.1) is 5.56 Å². The van der Waals surface area contributed by atoms with Crippen molar-refractivity contribution in [3.05, 3.63) is 23.5 Å². The summed E-state index contributed by atoms with van der Waals surface area (Å²) in [5.74, 6) is -0.0499. The molecule has 4 nitrogen and oxygen atoms in total. The van der Waals surface area contributed by atoms with Crippen LogP contribution in [0.3, 0.4) is 0 Å². The molecular formula is C13H21N3O. The van der Waals surface area contributed by atoms with E-state index in [-0.39, 0.29) is 5.91 Å². The second-order valence-corrected chi connectivity index (χ2v) is 4.35. The molecule has 0 spiro atoms. The summed E-state index contributed by atoms with van der Waals surface area (Å²) in [4.78, 5) is 17.9. The van der Waals surface area contributed by atoms with Gasteiger partial charge in [-0.2, -0.15) is 0 Å². The molecule has 0 aliphatic heterocycles. The lowest BCUT2D eigenvalue weighted by molar-refractivity contribution is 0.0793. The minimum Gasteiger partial charge on any atom is -0.398 e. The molecule has 1 aromatic heterocycles. The SMILES string of the molecule is CCCCCN(C)C(=O)c1cnc(C)cc1N. The van der Waals surface area contributed by atoms with Crippen LogP contribution in [0.1, 0.15) is 42.2 Å². The number of amides is 1. The summed E-state index contributed by atoms with van der Waals surface area (Å²) >= 11 is 0. The summed E-state index contributed by atoms with van der Waals surface area (Å²) in [5, 5.41) is 0. The number of anilines is 1. The van der Waals surface area contributed by atoms with Crippen molar-refractivity contribution < 1.29 is 4.79 Å². The number of aromatic nitrogens is 1. The number of nitrogens with two attached hydrogens (primary N) is 1. The van der Waals surface area contributed by atoms with Crippen molar-refractivity contribution >= 4 is 11.6 Å². The lowest BCUT2D eigenvalue weighted by Gasteiger charge is -2.17. The third-order valence-electron chi connectivity index (χ3n) is 2.75. The van der Waals surface area contributed by atoms with Gasteiger partial charge in [-0.3, -0.25) is 9.78 Å². The lowest BCUT2D eigenvalue weighted by Crippen LogP contribution is -2.28. The number of nitrogen functional groups attached to an aromatic ring is 1. The van der Waals surface area contributed by atoms with Crippen molar-refractivity contribution in [1.29, 1.82) is 0 Å². The third kappa shape index (κ3) is 3.73. The van der Waals surface area contributed by atoms with Crippen LogP contribution in [0.25, 0.3) is 0 Å². The van der Waals surface area contributed by atoms with Crippen molar-refractivity contribution in [3.63, 3.8) is 0 Å². The number of hydrogen-bond acceptors (Lipinski definition) is 3. The maximum absolute atomic E-state index is 12.1. The molecular weight excluding hydrogens is 214 g/mol. The highest BCUT2D eigenvalue weighted by atomic mass is 16.2. The Hall–Kier alpha value is -1.58. The van der Waals surface area contributed by atoms with Crippen molar-refractivity contribution in [2.75, 3.05) is 19.3 Å². The molecule has 1 amide bonds. The summed E-state index contributed by atoms with van der Waals surface area (Å²) in [6, 6.07) is 1.73. The molecule has 0 saturated heterocycles. The van der Waals surface area contributed by atoms with Gasteiger partial charge in [0.25, 0.3) is 5.91 Å². The predicted octanol–water partition coefficient (Wildman–Crippen LogP) is 2.23. The van der Waals surface area contributed by atoms with Crippen LogP contribution in [0.4, 0.5) is 5.69 Å². The minimum atomic E-state index is -0.0499. The molecule has 0 unspecified atom stereocenters. The van der Waals surface area contributed by atoms with E-state index in [1.807, 2.05) is 6.92 Å². The van der Waals surface area contributed by atoms with E-state index >= 15 is 0 Å². The molecule has 1 rings (SSSR count). The maximum Gasteiger partial charge on any atom is 0.257 e. The summed E-state index contributed by atoms with van der Waals surface area (Å²) in [7, 11) is 1.80. The van der Waals surface area contributed by atoms with Crippen molar-refractivity contribution in [2.24, 2.45) is 0 Å². The second-order valence-electron chi connectivity index (χ2n) is 4.35. The van der Waals surface area contributed by atoms with Gasteiger partial charge in [-0.15, -0.1) is 0 Å². The molecule has 0 bridgehead atoms. The molecule has 17 heavy (non-hydrogen) atoms. The van der Waals surface area contributed by atoms with Crippen LogP contribution in [0.15, 0.2) is 12.3 Å². The van der Waals surface area contributed by atoms with Crippen molar-refractivity contribution in [2.45, 2.75) is 33.1 Å². The summed E-state index contributed by atoms with van der Waals surface area (Å²) < 4.78 is 0. The van der Waals surface area contributed by atoms with Crippen LogP contribution in [0.2, 0.25) is 0 Å². The zero-order valence-electron chi connectivity index (χ0n) is 10.9. The van der Waals surface area contributed by atoms with Crippen molar-refractivity contribution in [1.82, 2.24) is 9.88 Å². The molecule has 0 aliphatic rings. The van der Waals surface area contributed by atoms with E-state index in [0.717, 1.165) is 31.5 Å². The summed E-state index contributed by atoms with van der Waals surface area (Å²) in [6.45, 7) is 4.76. The number of nitrogens with zero attached hydrogens (tertiary/aromatic N) is 2. The van der Waals surface area contributed by atoms with E-state index < -0.39 is 0 Å². The van der Waals surface area contributed by atoms with Crippen LogP contribution in [0.5, 0.6) is 0 Å². The Bertz CT molecular complexity index is 390. The lowest BCUT2D eigenvalue weighted by atomic mass is 10.2. The minimum absolute atomic E-state index is 0.0499. The summed E-state index contributed by atoms with van der Waals surface area (Å²) in [6.07, 6.45) is 4.87. The van der Waals surface area contributed by atoms with E-state index in [4.69, 9.17) is 5.73 Å². The Balaban J connectivity index is 2.68. The quantitative estimate of drug-likeness (QED) is 0.796. The average molecular weight is 235 g/mol. The molecule has 0 fully saturated rings. The molecule has 1 aromatic rings. The second kappa shape index (κ2) is 6.23. The maximum atomic E-state index is 12.1. The van der Waals surface area contributed by atoms with E-state index in [2.05, 4.69) is 11.9 Å². The van der Waals surface area contributed by atoms with Gasteiger partial charge in [-0.1, -0.05) is 19.8 Å². The number of carbonyl (C=O) groups is 1. The highest BCUT2D eigenvalue weighted by Crippen LogP contribution is 2.13. The third-order valence-corrected chi connectivity index (χ3v) is 2.75. The molecule has 1 heterocycles. The molecule has 2 N–H and O–H groups in total. The van der Waals surface area contributed by atoms with E-state index in [1.54, 1.807) is 24.2 Å². The fourth-order valence-corrected chi connectivity index (χ4v) is 1.67. The number of carbonyl (C=O) groups excluding carboxylic acids is 1. The molecule has 0 radical (unpaired) electrons. The van der Waals surface area contributed by atoms with Gasteiger partial charge in [0, 0.05) is 31.2 Å². The monoisotopic (exact) mass is 235 g/mol. The first kappa shape index (κ1) is 13.5. The molecule has 0 aliphatic carbocycles. The fraction of sp³-hybridized carbons (Fsp3) is 0.538. The van der Waals surface area contributed by atoms with Crippen LogP contribution in [-0.2, 0) is 0 Å². The normalized spacial score (nSPS) is 10.3. The van der Waals surface area contributed by atoms with E-state index in [9.17, 15) is 4.79 Å². The average Bonchev–Trinajstić information content (AvgIpc) is 2.28. The Kier molecular flexibility index (Phi) is 4.94.